The second-order valence-electron chi connectivity index (χ2n) is 4.65. The first kappa shape index (κ1) is 15.4. The zero-order chi connectivity index (χ0) is 15.8. The maximum Gasteiger partial charge on any atom is 0.416 e. The summed E-state index contributed by atoms with van der Waals surface area (Å²) < 4.78 is 64.7. The molecule has 1 nitrogen and oxygen atoms in total. The minimum atomic E-state index is -4.56. The van der Waals surface area contributed by atoms with Gasteiger partial charge in [0, 0.05) is 11.6 Å². The van der Waals surface area contributed by atoms with Gasteiger partial charge in [-0.25, -0.2) is 8.78 Å². The van der Waals surface area contributed by atoms with Crippen LogP contribution in [0.3, 0.4) is 0 Å². The van der Waals surface area contributed by atoms with E-state index in [4.69, 9.17) is 0 Å². The van der Waals surface area contributed by atoms with Gasteiger partial charge >= 0.3 is 6.18 Å². The lowest BCUT2D eigenvalue weighted by Crippen LogP contribution is -2.08. The molecule has 0 amide bonds. The van der Waals surface area contributed by atoms with E-state index in [-0.39, 0.29) is 16.7 Å². The zero-order valence-corrected chi connectivity index (χ0v) is 10.9. The molecular weight excluding hydrogens is 291 g/mol. The minimum Gasteiger partial charge on any atom is -0.384 e. The second-order valence-corrected chi connectivity index (χ2v) is 4.65. The van der Waals surface area contributed by atoms with Crippen molar-refractivity contribution in [3.63, 3.8) is 0 Å². The Bertz CT molecular complexity index is 664. The first-order valence-electron chi connectivity index (χ1n) is 6.01. The average molecular weight is 302 g/mol. The van der Waals surface area contributed by atoms with Crippen LogP contribution in [0, 0.1) is 18.6 Å². The molecule has 2 aromatic rings. The summed E-state index contributed by atoms with van der Waals surface area (Å²) in [6.45, 7) is 1.37. The van der Waals surface area contributed by atoms with Crippen molar-refractivity contribution in [1.82, 2.24) is 0 Å². The van der Waals surface area contributed by atoms with Crippen LogP contribution >= 0.6 is 0 Å². The van der Waals surface area contributed by atoms with Gasteiger partial charge in [0.25, 0.3) is 0 Å². The normalized spacial score (nSPS) is 13.3. The van der Waals surface area contributed by atoms with Crippen molar-refractivity contribution >= 4 is 0 Å². The fourth-order valence-corrected chi connectivity index (χ4v) is 1.95. The molecule has 0 aromatic heterocycles. The summed E-state index contributed by atoms with van der Waals surface area (Å²) in [5.41, 5.74) is -1.24. The SMILES string of the molecule is Cc1cc(C(O)c2cccc(C(F)(F)F)c2)c(F)cc1F. The largest absolute Gasteiger partial charge is 0.416 e. The Kier molecular flexibility index (Phi) is 4.00. The van der Waals surface area contributed by atoms with Gasteiger partial charge in [0.15, 0.2) is 0 Å². The highest BCUT2D eigenvalue weighted by Gasteiger charge is 2.31. The van der Waals surface area contributed by atoms with E-state index in [0.29, 0.717) is 6.07 Å². The van der Waals surface area contributed by atoms with Gasteiger partial charge in [0.2, 0.25) is 0 Å². The third-order valence-electron chi connectivity index (χ3n) is 3.10. The lowest BCUT2D eigenvalue weighted by atomic mass is 9.97. The monoisotopic (exact) mass is 302 g/mol. The van der Waals surface area contributed by atoms with E-state index in [1.807, 2.05) is 0 Å². The summed E-state index contributed by atoms with van der Waals surface area (Å²) in [7, 11) is 0. The summed E-state index contributed by atoms with van der Waals surface area (Å²) in [4.78, 5) is 0. The van der Waals surface area contributed by atoms with Crippen LogP contribution in [-0.4, -0.2) is 5.11 Å². The highest BCUT2D eigenvalue weighted by molar-refractivity contribution is 5.36. The van der Waals surface area contributed by atoms with Crippen LogP contribution in [-0.2, 0) is 6.18 Å². The number of aryl methyl sites for hydroxylation is 1. The molecule has 2 aromatic carbocycles. The maximum absolute atomic E-state index is 13.7. The number of halogens is 5. The van der Waals surface area contributed by atoms with Crippen LogP contribution in [0.15, 0.2) is 36.4 Å². The Hall–Kier alpha value is -1.95. The van der Waals surface area contributed by atoms with Crippen molar-refractivity contribution in [2.45, 2.75) is 19.2 Å². The molecule has 0 fully saturated rings. The zero-order valence-electron chi connectivity index (χ0n) is 10.9. The van der Waals surface area contributed by atoms with Gasteiger partial charge < -0.3 is 5.11 Å². The fraction of sp³-hybridized carbons (Fsp3) is 0.200. The van der Waals surface area contributed by atoms with E-state index in [1.165, 1.54) is 13.0 Å². The van der Waals surface area contributed by atoms with Gasteiger partial charge in [0.05, 0.1) is 5.56 Å². The predicted octanol–water partition coefficient (Wildman–Crippen LogP) is 4.37. The molecule has 0 radical (unpaired) electrons. The first-order chi connectivity index (χ1) is 9.70. The van der Waals surface area contributed by atoms with Gasteiger partial charge in [-0.05, 0) is 36.2 Å². The molecule has 0 saturated carbocycles. The number of hydrogen-bond acceptors (Lipinski definition) is 1. The van der Waals surface area contributed by atoms with Crippen molar-refractivity contribution in [2.24, 2.45) is 0 Å². The molecule has 0 heterocycles. The van der Waals surface area contributed by atoms with Crippen molar-refractivity contribution in [1.29, 1.82) is 0 Å². The Morgan fingerprint density at radius 2 is 1.67 bits per heavy atom. The van der Waals surface area contributed by atoms with Crippen molar-refractivity contribution in [2.75, 3.05) is 0 Å². The number of aliphatic hydroxyl groups excluding tert-OH is 1. The molecule has 0 spiro atoms. The number of benzene rings is 2. The molecule has 1 N–H and O–H groups in total. The number of alkyl halides is 3. The minimum absolute atomic E-state index is 0.0948. The van der Waals surface area contributed by atoms with Crippen molar-refractivity contribution in [3.8, 4) is 0 Å². The molecule has 0 bridgehead atoms. The Morgan fingerprint density at radius 3 is 2.29 bits per heavy atom. The molecule has 0 saturated heterocycles. The molecule has 0 aliphatic rings. The van der Waals surface area contributed by atoms with E-state index >= 15 is 0 Å². The molecule has 0 aliphatic carbocycles. The summed E-state index contributed by atoms with van der Waals surface area (Å²) in [5, 5.41) is 10.0. The second kappa shape index (κ2) is 5.44. The number of aliphatic hydroxyl groups is 1. The summed E-state index contributed by atoms with van der Waals surface area (Å²) in [5.74, 6) is -1.80. The smallest absolute Gasteiger partial charge is 0.384 e. The van der Waals surface area contributed by atoms with Crippen LogP contribution in [0.25, 0.3) is 0 Å². The molecule has 6 heteroatoms. The van der Waals surface area contributed by atoms with E-state index in [9.17, 15) is 27.1 Å². The third kappa shape index (κ3) is 3.21. The van der Waals surface area contributed by atoms with Crippen LogP contribution in [0.4, 0.5) is 22.0 Å². The number of hydrogen-bond donors (Lipinski definition) is 1. The summed E-state index contributed by atoms with van der Waals surface area (Å²) >= 11 is 0. The van der Waals surface area contributed by atoms with Gasteiger partial charge in [-0.15, -0.1) is 0 Å². The van der Waals surface area contributed by atoms with E-state index in [0.717, 1.165) is 24.3 Å². The molecular formula is C15H11F5O. The van der Waals surface area contributed by atoms with Crippen molar-refractivity contribution in [3.05, 3.63) is 70.3 Å². The average Bonchev–Trinajstić information content (AvgIpc) is 2.41. The van der Waals surface area contributed by atoms with Gasteiger partial charge in [-0.1, -0.05) is 12.1 Å². The highest BCUT2D eigenvalue weighted by Crippen LogP contribution is 2.33. The first-order valence-corrected chi connectivity index (χ1v) is 6.01. The van der Waals surface area contributed by atoms with Crippen LogP contribution in [0.5, 0.6) is 0 Å². The lowest BCUT2D eigenvalue weighted by molar-refractivity contribution is -0.137. The quantitative estimate of drug-likeness (QED) is 0.817. The summed E-state index contributed by atoms with van der Waals surface area (Å²) in [6, 6.07) is 5.63. The van der Waals surface area contributed by atoms with E-state index in [2.05, 4.69) is 0 Å². The highest BCUT2D eigenvalue weighted by atomic mass is 19.4. The van der Waals surface area contributed by atoms with Crippen LogP contribution in [0.2, 0.25) is 0 Å². The van der Waals surface area contributed by atoms with Gasteiger partial charge in [-0.2, -0.15) is 13.2 Å². The number of rotatable bonds is 2. The van der Waals surface area contributed by atoms with E-state index < -0.39 is 29.5 Å². The molecule has 1 unspecified atom stereocenters. The standard InChI is InChI=1S/C15H11F5O/c1-8-5-11(13(17)7-12(8)16)14(21)9-3-2-4-10(6-9)15(18,19)20/h2-7,14,21H,1H3. The molecule has 1 atom stereocenters. The molecule has 2 rings (SSSR count). The van der Waals surface area contributed by atoms with Crippen molar-refractivity contribution < 1.29 is 27.1 Å². The predicted molar refractivity (Wildman–Crippen MR) is 66.6 cm³/mol. The van der Waals surface area contributed by atoms with Crippen LogP contribution < -0.4 is 0 Å². The molecule has 0 aliphatic heterocycles. The molecule has 21 heavy (non-hydrogen) atoms. The Balaban J connectivity index is 2.45. The Labute approximate surface area is 117 Å². The lowest BCUT2D eigenvalue weighted by Gasteiger charge is -2.15. The topological polar surface area (TPSA) is 20.2 Å². The van der Waals surface area contributed by atoms with Gasteiger partial charge in [-0.3, -0.25) is 0 Å². The fourth-order valence-electron chi connectivity index (χ4n) is 1.95. The van der Waals surface area contributed by atoms with Crippen LogP contribution in [0.1, 0.15) is 28.4 Å². The Morgan fingerprint density at radius 1 is 1.00 bits per heavy atom. The third-order valence-corrected chi connectivity index (χ3v) is 3.10. The molecule has 112 valence electrons. The summed E-state index contributed by atoms with van der Waals surface area (Å²) in [6.07, 6.45) is -6.17. The van der Waals surface area contributed by atoms with Gasteiger partial charge in [0.1, 0.15) is 17.7 Å². The maximum atomic E-state index is 13.7. The van der Waals surface area contributed by atoms with E-state index in [1.54, 1.807) is 0 Å².